The Hall–Kier alpha value is -7.37. The van der Waals surface area contributed by atoms with E-state index >= 15 is 0 Å². The lowest BCUT2D eigenvalue weighted by Crippen LogP contribution is -2.00. The van der Waals surface area contributed by atoms with Crippen LogP contribution in [0.3, 0.4) is 0 Å². The highest BCUT2D eigenvalue weighted by atomic mass is 16.3. The molecular weight excluding hydrogens is 661 g/mol. The molecule has 0 saturated carbocycles. The van der Waals surface area contributed by atoms with Crippen LogP contribution in [0.25, 0.3) is 105 Å². The molecule has 3 heterocycles. The first kappa shape index (κ1) is 30.3. The van der Waals surface area contributed by atoms with Crippen molar-refractivity contribution in [3.05, 3.63) is 182 Å². The fourth-order valence-corrected chi connectivity index (χ4v) is 7.97. The Morgan fingerprint density at radius 3 is 1.69 bits per heavy atom. The van der Waals surface area contributed by atoms with Crippen molar-refractivity contribution in [1.82, 2.24) is 19.5 Å². The normalized spacial score (nSPS) is 11.7. The molecule has 0 amide bonds. The van der Waals surface area contributed by atoms with Crippen LogP contribution < -0.4 is 0 Å². The standard InChI is InChI=1S/C49H30N4O/c1-4-15-31(16-5-1)36-27-28-41(53-40-25-13-12-23-37(40)39-29-34-21-10-11-22-35(34)30-42(39)53)45-44-38(24-14-26-43(44)54-46(36)45)49-51-47(32-17-6-2-7-18-32)50-48(52-49)33-19-8-3-9-20-33/h1-30H. The number of hydrogen-bond donors (Lipinski definition) is 0. The van der Waals surface area contributed by atoms with Gasteiger partial charge in [0.15, 0.2) is 17.5 Å². The zero-order valence-corrected chi connectivity index (χ0v) is 29.0. The van der Waals surface area contributed by atoms with E-state index in [9.17, 15) is 0 Å². The van der Waals surface area contributed by atoms with Gasteiger partial charge in [0.2, 0.25) is 0 Å². The van der Waals surface area contributed by atoms with Gasteiger partial charge in [-0.25, -0.2) is 15.0 Å². The molecule has 252 valence electrons. The van der Waals surface area contributed by atoms with Gasteiger partial charge in [0, 0.05) is 38.4 Å². The molecule has 5 heteroatoms. The first-order valence-corrected chi connectivity index (χ1v) is 18.1. The third-order valence-electron chi connectivity index (χ3n) is 10.4. The van der Waals surface area contributed by atoms with Gasteiger partial charge in [0.25, 0.3) is 0 Å². The smallest absolute Gasteiger partial charge is 0.164 e. The summed E-state index contributed by atoms with van der Waals surface area (Å²) in [6.45, 7) is 0. The average molecular weight is 691 g/mol. The molecule has 0 radical (unpaired) electrons. The number of aromatic nitrogens is 4. The monoisotopic (exact) mass is 690 g/mol. The molecule has 0 N–H and O–H groups in total. The molecule has 11 rings (SSSR count). The van der Waals surface area contributed by atoms with E-state index in [-0.39, 0.29) is 0 Å². The molecule has 0 aliphatic heterocycles. The lowest BCUT2D eigenvalue weighted by molar-refractivity contribution is 0.670. The largest absolute Gasteiger partial charge is 0.455 e. The minimum Gasteiger partial charge on any atom is -0.455 e. The fraction of sp³-hybridized carbons (Fsp3) is 0. The molecule has 5 nitrogen and oxygen atoms in total. The molecule has 8 aromatic carbocycles. The number of para-hydroxylation sites is 1. The van der Waals surface area contributed by atoms with Crippen molar-refractivity contribution in [3.8, 4) is 51.0 Å². The number of benzene rings is 8. The van der Waals surface area contributed by atoms with Crippen molar-refractivity contribution in [2.75, 3.05) is 0 Å². The number of nitrogens with zero attached hydrogens (tertiary/aromatic N) is 4. The number of furan rings is 1. The second-order valence-corrected chi connectivity index (χ2v) is 13.6. The van der Waals surface area contributed by atoms with Crippen LogP contribution in [-0.4, -0.2) is 19.5 Å². The minimum absolute atomic E-state index is 0.584. The van der Waals surface area contributed by atoms with E-state index < -0.39 is 0 Å². The summed E-state index contributed by atoms with van der Waals surface area (Å²) < 4.78 is 9.38. The molecule has 0 aliphatic carbocycles. The fourth-order valence-electron chi connectivity index (χ4n) is 7.97. The molecule has 0 saturated heterocycles. The van der Waals surface area contributed by atoms with Crippen molar-refractivity contribution in [2.45, 2.75) is 0 Å². The second-order valence-electron chi connectivity index (χ2n) is 13.6. The van der Waals surface area contributed by atoms with Gasteiger partial charge < -0.3 is 8.98 Å². The molecule has 0 bridgehead atoms. The van der Waals surface area contributed by atoms with E-state index in [2.05, 4.69) is 108 Å². The molecular formula is C49H30N4O. The molecule has 0 fully saturated rings. The second kappa shape index (κ2) is 12.1. The maximum absolute atomic E-state index is 6.98. The van der Waals surface area contributed by atoms with Crippen molar-refractivity contribution in [1.29, 1.82) is 0 Å². The molecule has 0 unspecified atom stereocenters. The average Bonchev–Trinajstić information content (AvgIpc) is 3.79. The van der Waals surface area contributed by atoms with E-state index in [1.165, 1.54) is 21.5 Å². The molecule has 0 aliphatic rings. The Kier molecular flexibility index (Phi) is 6.79. The van der Waals surface area contributed by atoms with Crippen LogP contribution in [0, 0.1) is 0 Å². The molecule has 11 aromatic rings. The zero-order chi connectivity index (χ0) is 35.6. The molecule has 0 atom stereocenters. The lowest BCUT2D eigenvalue weighted by Gasteiger charge is -2.13. The number of fused-ring (bicyclic) bond motifs is 7. The predicted molar refractivity (Wildman–Crippen MR) is 221 cm³/mol. The summed E-state index contributed by atoms with van der Waals surface area (Å²) in [6, 6.07) is 63.2. The van der Waals surface area contributed by atoms with Crippen LogP contribution in [-0.2, 0) is 0 Å². The predicted octanol–water partition coefficient (Wildman–Crippen LogP) is 12.7. The van der Waals surface area contributed by atoms with Crippen molar-refractivity contribution >= 4 is 54.5 Å². The highest BCUT2D eigenvalue weighted by Gasteiger charge is 2.24. The van der Waals surface area contributed by atoms with Gasteiger partial charge in [-0.15, -0.1) is 0 Å². The third kappa shape index (κ3) is 4.76. The highest BCUT2D eigenvalue weighted by molar-refractivity contribution is 6.21. The van der Waals surface area contributed by atoms with Crippen LogP contribution in [0.2, 0.25) is 0 Å². The molecule has 0 spiro atoms. The van der Waals surface area contributed by atoms with Crippen molar-refractivity contribution in [2.24, 2.45) is 0 Å². The lowest BCUT2D eigenvalue weighted by atomic mass is 9.98. The Morgan fingerprint density at radius 2 is 0.981 bits per heavy atom. The van der Waals surface area contributed by atoms with Gasteiger partial charge in [0.05, 0.1) is 22.1 Å². The highest BCUT2D eigenvalue weighted by Crippen LogP contribution is 2.45. The van der Waals surface area contributed by atoms with Gasteiger partial charge in [-0.1, -0.05) is 146 Å². The minimum atomic E-state index is 0.584. The Balaban J connectivity index is 1.28. The van der Waals surface area contributed by atoms with Crippen LogP contribution in [0.15, 0.2) is 186 Å². The SMILES string of the molecule is c1ccc(-c2nc(-c3ccccc3)nc(-c3cccc4oc5c(-c6ccccc6)ccc(-n6c7ccccc7c7cc8ccccc8cc76)c5c34)n2)cc1. The van der Waals surface area contributed by atoms with Gasteiger partial charge in [-0.3, -0.25) is 0 Å². The van der Waals surface area contributed by atoms with Crippen molar-refractivity contribution < 1.29 is 4.42 Å². The van der Waals surface area contributed by atoms with Gasteiger partial charge in [0.1, 0.15) is 11.2 Å². The van der Waals surface area contributed by atoms with E-state index in [4.69, 9.17) is 19.4 Å². The van der Waals surface area contributed by atoms with E-state index in [1.54, 1.807) is 0 Å². The summed E-state index contributed by atoms with van der Waals surface area (Å²) in [7, 11) is 0. The summed E-state index contributed by atoms with van der Waals surface area (Å²) in [5.41, 5.74) is 9.69. The van der Waals surface area contributed by atoms with E-state index in [0.717, 1.165) is 66.5 Å². The molecule has 54 heavy (non-hydrogen) atoms. The van der Waals surface area contributed by atoms with Crippen LogP contribution in [0.4, 0.5) is 0 Å². The first-order valence-electron chi connectivity index (χ1n) is 18.1. The summed E-state index contributed by atoms with van der Waals surface area (Å²) in [6.07, 6.45) is 0. The van der Waals surface area contributed by atoms with Gasteiger partial charge in [-0.2, -0.15) is 0 Å². The van der Waals surface area contributed by atoms with Crippen molar-refractivity contribution in [3.63, 3.8) is 0 Å². The number of rotatable bonds is 5. The van der Waals surface area contributed by atoms with Gasteiger partial charge >= 0.3 is 0 Å². The Morgan fingerprint density at radius 1 is 0.389 bits per heavy atom. The summed E-state index contributed by atoms with van der Waals surface area (Å²) in [5.74, 6) is 1.81. The third-order valence-corrected chi connectivity index (χ3v) is 10.4. The molecule has 3 aromatic heterocycles. The topological polar surface area (TPSA) is 56.7 Å². The maximum Gasteiger partial charge on any atom is 0.164 e. The summed E-state index contributed by atoms with van der Waals surface area (Å²) >= 11 is 0. The quantitative estimate of drug-likeness (QED) is 0.180. The van der Waals surface area contributed by atoms with Crippen LogP contribution >= 0.6 is 0 Å². The van der Waals surface area contributed by atoms with E-state index in [0.29, 0.717) is 17.5 Å². The summed E-state index contributed by atoms with van der Waals surface area (Å²) in [5, 5.41) is 6.76. The number of hydrogen-bond acceptors (Lipinski definition) is 4. The maximum atomic E-state index is 6.98. The van der Waals surface area contributed by atoms with Crippen LogP contribution in [0.1, 0.15) is 0 Å². The first-order chi connectivity index (χ1) is 26.8. The van der Waals surface area contributed by atoms with Crippen LogP contribution in [0.5, 0.6) is 0 Å². The van der Waals surface area contributed by atoms with Gasteiger partial charge in [-0.05, 0) is 52.7 Å². The van der Waals surface area contributed by atoms with E-state index in [1.807, 2.05) is 78.9 Å². The summed E-state index contributed by atoms with van der Waals surface area (Å²) in [4.78, 5) is 15.3. The Labute approximate surface area is 310 Å². The Bertz CT molecular complexity index is 3140. The zero-order valence-electron chi connectivity index (χ0n) is 29.0.